The van der Waals surface area contributed by atoms with Crippen LogP contribution in [0.4, 0.5) is 0 Å². The second-order valence-electron chi connectivity index (χ2n) is 16.8. The number of amides is 2. The minimum atomic E-state index is 0.00184. The van der Waals surface area contributed by atoms with Crippen molar-refractivity contribution < 1.29 is 9.59 Å². The highest BCUT2D eigenvalue weighted by molar-refractivity contribution is 5.87. The van der Waals surface area contributed by atoms with Crippen molar-refractivity contribution in [3.8, 4) is 0 Å². The van der Waals surface area contributed by atoms with E-state index >= 15 is 0 Å². The van der Waals surface area contributed by atoms with Crippen LogP contribution >= 0.6 is 0 Å². The van der Waals surface area contributed by atoms with Gasteiger partial charge in [0.15, 0.2) is 0 Å². The normalized spacial score (nSPS) is 15.6. The highest BCUT2D eigenvalue weighted by Gasteiger charge is 2.28. The Kier molecular flexibility index (Phi) is 11.5. The van der Waals surface area contributed by atoms with Gasteiger partial charge in [0.2, 0.25) is 11.8 Å². The first kappa shape index (κ1) is 39.5. The van der Waals surface area contributed by atoms with Gasteiger partial charge < -0.3 is 24.7 Å². The Morgan fingerprint density at radius 3 is 1.90 bits per heavy atom. The van der Waals surface area contributed by atoms with Crippen molar-refractivity contribution in [2.75, 3.05) is 40.8 Å². The highest BCUT2D eigenvalue weighted by atomic mass is 16.2. The SMILES string of the molecule is CNC(=O)CC(Cn1c2c(c3cc(C)ccc31)CN(C)CC2)c1ccc(CCN2CCc3c(c4cc(C)ccc4n3CC(CC(=O)NC)c3ccnc(C)c3)C2)nc1. The van der Waals surface area contributed by atoms with E-state index in [2.05, 4.69) is 116 Å². The van der Waals surface area contributed by atoms with E-state index in [0.29, 0.717) is 12.8 Å². The molecule has 2 atom stereocenters. The molecule has 6 heterocycles. The zero-order valence-electron chi connectivity index (χ0n) is 35.1. The van der Waals surface area contributed by atoms with E-state index < -0.39 is 0 Å². The first-order valence-electron chi connectivity index (χ1n) is 21.0. The summed E-state index contributed by atoms with van der Waals surface area (Å²) >= 11 is 0. The van der Waals surface area contributed by atoms with Gasteiger partial charge in [-0.05, 0) is 92.5 Å². The van der Waals surface area contributed by atoms with Crippen LogP contribution in [0.25, 0.3) is 21.8 Å². The summed E-state index contributed by atoms with van der Waals surface area (Å²) in [4.78, 5) is 40.1. The van der Waals surface area contributed by atoms with Gasteiger partial charge in [-0.15, -0.1) is 0 Å². The molecule has 10 nitrogen and oxygen atoms in total. The monoisotopic (exact) mass is 778 g/mol. The molecule has 2 N–H and O–H groups in total. The molecule has 0 spiro atoms. The van der Waals surface area contributed by atoms with Gasteiger partial charge in [-0.3, -0.25) is 24.5 Å². The number of aryl methyl sites for hydroxylation is 3. The average molecular weight is 779 g/mol. The Morgan fingerprint density at radius 1 is 0.707 bits per heavy atom. The number of likely N-dealkylation sites (N-methyl/N-ethyl adjacent to an activating group) is 1. The summed E-state index contributed by atoms with van der Waals surface area (Å²) in [6, 6.07) is 22.1. The fourth-order valence-electron chi connectivity index (χ4n) is 9.51. The maximum atomic E-state index is 12.9. The van der Waals surface area contributed by atoms with Gasteiger partial charge in [0.05, 0.1) is 0 Å². The largest absolute Gasteiger partial charge is 0.359 e. The topological polar surface area (TPSA) is 100 Å². The number of benzene rings is 2. The first-order chi connectivity index (χ1) is 28.1. The van der Waals surface area contributed by atoms with E-state index in [1.807, 2.05) is 19.3 Å². The van der Waals surface area contributed by atoms with Crippen LogP contribution < -0.4 is 10.6 Å². The number of carbonyl (C=O) groups excluding carboxylic acids is 2. The molecular weight excluding hydrogens is 721 g/mol. The molecule has 2 unspecified atom stereocenters. The van der Waals surface area contributed by atoms with E-state index in [4.69, 9.17) is 4.98 Å². The molecule has 58 heavy (non-hydrogen) atoms. The number of aromatic nitrogens is 4. The number of fused-ring (bicyclic) bond motifs is 6. The van der Waals surface area contributed by atoms with Gasteiger partial charge in [0.1, 0.15) is 0 Å². The molecule has 302 valence electrons. The van der Waals surface area contributed by atoms with Crippen LogP contribution in [-0.2, 0) is 55.0 Å². The molecule has 0 aliphatic carbocycles. The van der Waals surface area contributed by atoms with Crippen LogP contribution in [0.2, 0.25) is 0 Å². The van der Waals surface area contributed by atoms with Crippen molar-refractivity contribution >= 4 is 33.6 Å². The summed E-state index contributed by atoms with van der Waals surface area (Å²) in [6.07, 6.45) is 7.52. The molecule has 0 radical (unpaired) electrons. The summed E-state index contributed by atoms with van der Waals surface area (Å²) in [6.45, 7) is 12.6. The van der Waals surface area contributed by atoms with E-state index in [1.54, 1.807) is 14.1 Å². The minimum Gasteiger partial charge on any atom is -0.359 e. The van der Waals surface area contributed by atoms with Crippen LogP contribution in [0, 0.1) is 20.8 Å². The van der Waals surface area contributed by atoms with Crippen LogP contribution in [-0.4, -0.2) is 81.5 Å². The molecule has 4 aromatic heterocycles. The van der Waals surface area contributed by atoms with E-state index in [0.717, 1.165) is 87.6 Å². The highest BCUT2D eigenvalue weighted by Crippen LogP contribution is 2.36. The molecule has 0 fully saturated rings. The number of hydrogen-bond acceptors (Lipinski definition) is 6. The summed E-state index contributed by atoms with van der Waals surface area (Å²) < 4.78 is 4.98. The van der Waals surface area contributed by atoms with Gasteiger partial charge >= 0.3 is 0 Å². The molecule has 2 aromatic carbocycles. The second kappa shape index (κ2) is 16.9. The number of nitrogens with one attached hydrogen (secondary N) is 2. The zero-order chi connectivity index (χ0) is 40.5. The minimum absolute atomic E-state index is 0.00184. The maximum absolute atomic E-state index is 12.9. The molecule has 2 amide bonds. The number of nitrogens with zero attached hydrogens (tertiary/aromatic N) is 6. The fraction of sp³-hybridized carbons (Fsp3) is 0.417. The maximum Gasteiger partial charge on any atom is 0.220 e. The second-order valence-corrected chi connectivity index (χ2v) is 16.8. The summed E-state index contributed by atoms with van der Waals surface area (Å²) in [5.74, 6) is 0.129. The molecule has 10 heteroatoms. The van der Waals surface area contributed by atoms with E-state index in [-0.39, 0.29) is 23.7 Å². The number of hydrogen-bond donors (Lipinski definition) is 2. The van der Waals surface area contributed by atoms with Crippen molar-refractivity contribution in [2.24, 2.45) is 0 Å². The Balaban J connectivity index is 1.00. The molecule has 0 saturated carbocycles. The molecule has 2 aliphatic rings. The van der Waals surface area contributed by atoms with Gasteiger partial charge in [-0.1, -0.05) is 29.3 Å². The summed E-state index contributed by atoms with van der Waals surface area (Å²) in [5.41, 5.74) is 14.9. The van der Waals surface area contributed by atoms with Gasteiger partial charge in [0, 0.05) is 161 Å². The standard InChI is InChI=1S/C48H58N8O2/c1-31-7-11-43-39(21-31)41-29-53(6)18-15-45(41)56(43)28-37(25-48(58)50-5)35-9-10-38(52-26-35)14-19-54-20-16-46-42(30-54)40-22-32(2)8-12-44(40)55(46)27-36(24-47(57)49-4)34-13-17-51-33(3)23-34/h7-13,17,21-23,26,36-37H,14-16,18-20,24-25,27-30H2,1-6H3,(H,49,57)(H,50,58). The lowest BCUT2D eigenvalue weighted by atomic mass is 9.95. The van der Waals surface area contributed by atoms with Gasteiger partial charge in [0.25, 0.3) is 0 Å². The lowest BCUT2D eigenvalue weighted by Crippen LogP contribution is -2.33. The predicted octanol–water partition coefficient (Wildman–Crippen LogP) is 6.74. The first-order valence-corrected chi connectivity index (χ1v) is 21.0. The Morgan fingerprint density at radius 2 is 1.31 bits per heavy atom. The quantitative estimate of drug-likeness (QED) is 0.135. The Bertz CT molecular complexity index is 2460. The Labute approximate surface area is 342 Å². The molecule has 8 rings (SSSR count). The Hall–Kier alpha value is -5.32. The number of pyridine rings is 2. The predicted molar refractivity (Wildman–Crippen MR) is 232 cm³/mol. The van der Waals surface area contributed by atoms with Crippen molar-refractivity contribution in [1.29, 1.82) is 0 Å². The summed E-state index contributed by atoms with van der Waals surface area (Å²) in [7, 11) is 5.64. The smallest absolute Gasteiger partial charge is 0.220 e. The lowest BCUT2D eigenvalue weighted by molar-refractivity contribution is -0.121. The van der Waals surface area contributed by atoms with Crippen molar-refractivity contribution in [3.63, 3.8) is 0 Å². The molecule has 0 saturated heterocycles. The summed E-state index contributed by atoms with van der Waals surface area (Å²) in [5, 5.41) is 8.38. The molecule has 6 aromatic rings. The van der Waals surface area contributed by atoms with Crippen molar-refractivity contribution in [2.45, 2.75) is 90.9 Å². The van der Waals surface area contributed by atoms with E-state index in [9.17, 15) is 9.59 Å². The number of rotatable bonds is 13. The van der Waals surface area contributed by atoms with Gasteiger partial charge in [-0.25, -0.2) is 0 Å². The average Bonchev–Trinajstić information content (AvgIpc) is 3.69. The third-order valence-corrected chi connectivity index (χ3v) is 12.7. The number of carbonyl (C=O) groups is 2. The third-order valence-electron chi connectivity index (χ3n) is 12.7. The molecule has 2 aliphatic heterocycles. The fourth-order valence-corrected chi connectivity index (χ4v) is 9.51. The van der Waals surface area contributed by atoms with E-state index in [1.165, 1.54) is 55.4 Å². The zero-order valence-corrected chi connectivity index (χ0v) is 35.1. The van der Waals surface area contributed by atoms with Crippen LogP contribution in [0.3, 0.4) is 0 Å². The van der Waals surface area contributed by atoms with Gasteiger partial charge in [-0.2, -0.15) is 0 Å². The van der Waals surface area contributed by atoms with Crippen LogP contribution in [0.15, 0.2) is 73.1 Å². The molecule has 0 bridgehead atoms. The van der Waals surface area contributed by atoms with Crippen molar-refractivity contribution in [1.82, 2.24) is 39.5 Å². The van der Waals surface area contributed by atoms with Crippen molar-refractivity contribution in [3.05, 3.63) is 129 Å². The molecular formula is C48H58N8O2. The van der Waals surface area contributed by atoms with Crippen LogP contribution in [0.1, 0.15) is 80.8 Å². The van der Waals surface area contributed by atoms with Crippen LogP contribution in [0.5, 0.6) is 0 Å². The lowest BCUT2D eigenvalue weighted by Gasteiger charge is -2.29. The third kappa shape index (κ3) is 8.18.